The first-order chi connectivity index (χ1) is 13.1. The molecule has 1 fully saturated rings. The van der Waals surface area contributed by atoms with Gasteiger partial charge in [-0.1, -0.05) is 11.6 Å². The number of nitrogen functional groups attached to an aromatic ring is 1. The summed E-state index contributed by atoms with van der Waals surface area (Å²) in [6.07, 6.45) is 3.93. The first-order valence-electron chi connectivity index (χ1n) is 8.57. The van der Waals surface area contributed by atoms with Crippen molar-refractivity contribution in [3.8, 4) is 11.8 Å². The lowest BCUT2D eigenvalue weighted by Crippen LogP contribution is -2.08. The van der Waals surface area contributed by atoms with Crippen molar-refractivity contribution in [2.75, 3.05) is 12.8 Å². The maximum absolute atomic E-state index is 11.8. The number of rotatable bonds is 3. The van der Waals surface area contributed by atoms with Gasteiger partial charge < -0.3 is 10.5 Å². The lowest BCUT2D eigenvalue weighted by molar-refractivity contribution is 0.0602. The summed E-state index contributed by atoms with van der Waals surface area (Å²) in [5, 5.41) is 6.24. The van der Waals surface area contributed by atoms with Crippen LogP contribution in [0.15, 0.2) is 30.5 Å². The number of ether oxygens (including phenoxy) is 1. The summed E-state index contributed by atoms with van der Waals surface area (Å²) in [4.78, 5) is 15.9. The molecule has 6 nitrogen and oxygen atoms in total. The highest BCUT2D eigenvalue weighted by Gasteiger charge is 2.23. The van der Waals surface area contributed by atoms with Crippen molar-refractivity contribution >= 4 is 34.2 Å². The van der Waals surface area contributed by atoms with E-state index in [1.807, 2.05) is 22.9 Å². The van der Waals surface area contributed by atoms with E-state index in [1.54, 1.807) is 0 Å². The maximum atomic E-state index is 11.8. The molecule has 0 unspecified atom stereocenters. The number of benzene rings is 1. The van der Waals surface area contributed by atoms with Gasteiger partial charge in [0.25, 0.3) is 0 Å². The van der Waals surface area contributed by atoms with E-state index in [4.69, 9.17) is 22.1 Å². The molecule has 1 aromatic carbocycles. The summed E-state index contributed by atoms with van der Waals surface area (Å²) in [6, 6.07) is 7.15. The SMILES string of the molecule is COC(=O)c1ccnc(C#Cc2nn(CC3CC3)c3cc(Cl)ccc23)c1N. The molecular formula is C20H17ClN4O2. The van der Waals surface area contributed by atoms with E-state index in [2.05, 4.69) is 21.9 Å². The van der Waals surface area contributed by atoms with Crippen LogP contribution in [0.5, 0.6) is 0 Å². The van der Waals surface area contributed by atoms with E-state index in [0.29, 0.717) is 22.3 Å². The molecule has 0 spiro atoms. The Morgan fingerprint density at radius 1 is 1.33 bits per heavy atom. The number of carbonyl (C=O) groups is 1. The zero-order valence-electron chi connectivity index (χ0n) is 14.7. The molecule has 4 rings (SSSR count). The second kappa shape index (κ2) is 6.93. The summed E-state index contributed by atoms with van der Waals surface area (Å²) in [7, 11) is 1.30. The Hall–Kier alpha value is -3.04. The fraction of sp³-hybridized carbons (Fsp3) is 0.250. The van der Waals surface area contributed by atoms with E-state index in [1.165, 1.54) is 32.2 Å². The van der Waals surface area contributed by atoms with E-state index in [9.17, 15) is 4.79 Å². The van der Waals surface area contributed by atoms with Crippen LogP contribution in [0.3, 0.4) is 0 Å². The number of anilines is 1. The molecule has 1 aliphatic carbocycles. The molecule has 1 saturated carbocycles. The molecule has 7 heteroatoms. The molecule has 0 saturated heterocycles. The van der Waals surface area contributed by atoms with Gasteiger partial charge in [0, 0.05) is 23.2 Å². The number of fused-ring (bicyclic) bond motifs is 1. The molecule has 27 heavy (non-hydrogen) atoms. The summed E-state index contributed by atoms with van der Waals surface area (Å²) >= 11 is 6.16. The Balaban J connectivity index is 1.76. The van der Waals surface area contributed by atoms with Crippen LogP contribution in [0.2, 0.25) is 5.02 Å². The monoisotopic (exact) mass is 380 g/mol. The summed E-state index contributed by atoms with van der Waals surface area (Å²) in [5.74, 6) is 6.12. The maximum Gasteiger partial charge on any atom is 0.340 e. The number of halogens is 1. The van der Waals surface area contributed by atoms with Crippen LogP contribution in [0.1, 0.15) is 34.6 Å². The van der Waals surface area contributed by atoms with E-state index >= 15 is 0 Å². The van der Waals surface area contributed by atoms with Crippen molar-refractivity contribution in [2.24, 2.45) is 5.92 Å². The quantitative estimate of drug-likeness (QED) is 0.557. The van der Waals surface area contributed by atoms with Crippen molar-refractivity contribution in [1.82, 2.24) is 14.8 Å². The van der Waals surface area contributed by atoms with Crippen molar-refractivity contribution in [3.05, 3.63) is 52.4 Å². The number of methoxy groups -OCH3 is 1. The highest BCUT2D eigenvalue weighted by molar-refractivity contribution is 6.31. The first-order valence-corrected chi connectivity index (χ1v) is 8.95. The predicted molar refractivity (Wildman–Crippen MR) is 103 cm³/mol. The zero-order valence-corrected chi connectivity index (χ0v) is 15.5. The van der Waals surface area contributed by atoms with Crippen LogP contribution in [0.25, 0.3) is 10.9 Å². The highest BCUT2D eigenvalue weighted by atomic mass is 35.5. The molecule has 0 radical (unpaired) electrons. The highest BCUT2D eigenvalue weighted by Crippen LogP contribution is 2.32. The van der Waals surface area contributed by atoms with Crippen LogP contribution in [-0.4, -0.2) is 27.8 Å². The van der Waals surface area contributed by atoms with Gasteiger partial charge in [-0.3, -0.25) is 4.68 Å². The Morgan fingerprint density at radius 3 is 2.85 bits per heavy atom. The number of hydrogen-bond acceptors (Lipinski definition) is 5. The standard InChI is InChI=1S/C20H17ClN4O2/c1-27-20(26)15-8-9-23-17(19(15)22)7-6-16-14-5-4-13(21)10-18(14)25(24-16)11-12-2-3-12/h4-5,8-10,12H,2-3,11,22H2,1H3. The van der Waals surface area contributed by atoms with Gasteiger partial charge >= 0.3 is 5.97 Å². The minimum absolute atomic E-state index is 0.196. The van der Waals surface area contributed by atoms with Gasteiger partial charge in [-0.2, -0.15) is 5.10 Å². The van der Waals surface area contributed by atoms with Crippen LogP contribution in [0.4, 0.5) is 5.69 Å². The van der Waals surface area contributed by atoms with Gasteiger partial charge in [-0.05, 0) is 54.9 Å². The minimum atomic E-state index is -0.522. The van der Waals surface area contributed by atoms with Crippen molar-refractivity contribution in [3.63, 3.8) is 0 Å². The van der Waals surface area contributed by atoms with Gasteiger partial charge in [0.1, 0.15) is 11.4 Å². The topological polar surface area (TPSA) is 83.0 Å². The Kier molecular flexibility index (Phi) is 4.46. The molecule has 3 aromatic rings. The molecule has 2 N–H and O–H groups in total. The molecule has 0 bridgehead atoms. The number of esters is 1. The smallest absolute Gasteiger partial charge is 0.340 e. The zero-order chi connectivity index (χ0) is 19.0. The van der Waals surface area contributed by atoms with Gasteiger partial charge in [0.05, 0.1) is 23.9 Å². The second-order valence-corrected chi connectivity index (χ2v) is 6.93. The normalized spacial score (nSPS) is 13.3. The lowest BCUT2D eigenvalue weighted by Gasteiger charge is -2.03. The number of nitrogens with zero attached hydrogens (tertiary/aromatic N) is 3. The van der Waals surface area contributed by atoms with Crippen molar-refractivity contribution < 1.29 is 9.53 Å². The van der Waals surface area contributed by atoms with Gasteiger partial charge in [0.15, 0.2) is 0 Å². The number of carbonyl (C=O) groups excluding carboxylic acids is 1. The Labute approximate surface area is 161 Å². The first kappa shape index (κ1) is 17.4. The fourth-order valence-corrected chi connectivity index (χ4v) is 3.07. The summed E-state index contributed by atoms with van der Waals surface area (Å²) in [6.45, 7) is 0.858. The van der Waals surface area contributed by atoms with Crippen molar-refractivity contribution in [1.29, 1.82) is 0 Å². The summed E-state index contributed by atoms with van der Waals surface area (Å²) in [5.41, 5.74) is 8.38. The molecule has 1 aliphatic rings. The fourth-order valence-electron chi connectivity index (χ4n) is 2.90. The van der Waals surface area contributed by atoms with E-state index in [-0.39, 0.29) is 11.3 Å². The molecule has 0 atom stereocenters. The Morgan fingerprint density at radius 2 is 2.11 bits per heavy atom. The number of nitrogens with two attached hydrogens (primary N) is 1. The number of aromatic nitrogens is 3. The van der Waals surface area contributed by atoms with Gasteiger partial charge in [-0.25, -0.2) is 9.78 Å². The Bertz CT molecular complexity index is 1110. The molecule has 0 amide bonds. The predicted octanol–water partition coefficient (Wildman–Crippen LogP) is 3.26. The molecule has 0 aliphatic heterocycles. The van der Waals surface area contributed by atoms with Gasteiger partial charge in [-0.15, -0.1) is 0 Å². The third-order valence-corrected chi connectivity index (χ3v) is 4.77. The van der Waals surface area contributed by atoms with Crippen LogP contribution in [-0.2, 0) is 11.3 Å². The van der Waals surface area contributed by atoms with E-state index in [0.717, 1.165) is 17.4 Å². The average Bonchev–Trinajstić information content (AvgIpc) is 3.42. The molecule has 136 valence electrons. The third kappa shape index (κ3) is 3.46. The number of pyridine rings is 1. The third-order valence-electron chi connectivity index (χ3n) is 4.54. The molecular weight excluding hydrogens is 364 g/mol. The number of hydrogen-bond donors (Lipinski definition) is 1. The lowest BCUT2D eigenvalue weighted by atomic mass is 10.1. The second-order valence-electron chi connectivity index (χ2n) is 6.50. The summed E-state index contributed by atoms with van der Waals surface area (Å²) < 4.78 is 6.69. The largest absolute Gasteiger partial charge is 0.465 e. The van der Waals surface area contributed by atoms with Crippen LogP contribution in [0, 0.1) is 17.8 Å². The van der Waals surface area contributed by atoms with E-state index < -0.39 is 5.97 Å². The van der Waals surface area contributed by atoms with Crippen molar-refractivity contribution in [2.45, 2.75) is 19.4 Å². The minimum Gasteiger partial charge on any atom is -0.465 e. The average molecular weight is 381 g/mol. The van der Waals surface area contributed by atoms with Crippen LogP contribution < -0.4 is 5.73 Å². The van der Waals surface area contributed by atoms with Crippen LogP contribution >= 0.6 is 11.6 Å². The van der Waals surface area contributed by atoms with Gasteiger partial charge in [0.2, 0.25) is 0 Å². The molecule has 2 aromatic heterocycles. The molecule has 2 heterocycles.